The Hall–Kier alpha value is -0.334. The average molecular weight is 157 g/mol. The van der Waals surface area contributed by atoms with Crippen LogP contribution in [0.2, 0.25) is 0 Å². The van der Waals surface area contributed by atoms with E-state index in [4.69, 9.17) is 19.8 Å². The first-order valence-electron chi connectivity index (χ1n) is 2.08. The van der Waals surface area contributed by atoms with Crippen LogP contribution in [0.1, 0.15) is 6.92 Å². The van der Waals surface area contributed by atoms with Gasteiger partial charge in [0.05, 0.1) is 5.97 Å². The van der Waals surface area contributed by atoms with Gasteiger partial charge in [-0.2, -0.15) is 0 Å². The van der Waals surface area contributed by atoms with Crippen molar-refractivity contribution in [2.24, 2.45) is 5.73 Å². The summed E-state index contributed by atoms with van der Waals surface area (Å²) in [6.45, 7) is 0.583. The molecule has 0 saturated carbocycles. The van der Waals surface area contributed by atoms with Crippen LogP contribution in [0, 0.1) is 0 Å². The zero-order valence-corrected chi connectivity index (χ0v) is 7.04. The Bertz CT molecular complexity index is 101. The largest absolute Gasteiger partial charge is 2.00 e. The standard InChI is InChI=1S/C2H5NO2.C2H4O2.Mg/c3-1-2(4)5;1-2(3)4;/h1,3H2,(H,4,5);1H3,(H,3,4);/q;;+2/p-2. The summed E-state index contributed by atoms with van der Waals surface area (Å²) >= 11 is 0. The summed E-state index contributed by atoms with van der Waals surface area (Å²) in [6.07, 6.45) is 0. The molecular weight excluding hydrogens is 150 g/mol. The molecule has 10 heavy (non-hydrogen) atoms. The van der Waals surface area contributed by atoms with Gasteiger partial charge in [-0.15, -0.1) is 0 Å². The van der Waals surface area contributed by atoms with Crippen LogP contribution in [-0.4, -0.2) is 41.5 Å². The number of carbonyl (C=O) groups is 2. The van der Waals surface area contributed by atoms with Gasteiger partial charge in [0.15, 0.2) is 0 Å². The van der Waals surface area contributed by atoms with E-state index in [-0.39, 0.29) is 29.6 Å². The third-order valence-electron chi connectivity index (χ3n) is 0.167. The minimum absolute atomic E-state index is 0. The molecule has 0 aliphatic carbocycles. The Balaban J connectivity index is -0.0000000910. The van der Waals surface area contributed by atoms with E-state index in [1.54, 1.807) is 0 Å². The normalized spacial score (nSPS) is 6.20. The summed E-state index contributed by atoms with van der Waals surface area (Å²) in [5.74, 6) is -2.30. The number of hydrogen-bond donors (Lipinski definition) is 1. The fourth-order valence-electron chi connectivity index (χ4n) is 0. The van der Waals surface area contributed by atoms with Gasteiger partial charge in [-0.1, -0.05) is 0 Å². The number of carboxylic acids is 2. The number of rotatable bonds is 1. The molecule has 0 radical (unpaired) electrons. The first kappa shape index (κ1) is 16.3. The van der Waals surface area contributed by atoms with Crippen LogP contribution in [0.15, 0.2) is 0 Å². The minimum Gasteiger partial charge on any atom is -0.550 e. The predicted molar refractivity (Wildman–Crippen MR) is 30.5 cm³/mol. The molecule has 0 aromatic heterocycles. The Kier molecular flexibility index (Phi) is 18.7. The van der Waals surface area contributed by atoms with Crippen LogP contribution in [0.4, 0.5) is 0 Å². The van der Waals surface area contributed by atoms with Gasteiger partial charge >= 0.3 is 23.1 Å². The first-order valence-corrected chi connectivity index (χ1v) is 2.08. The van der Waals surface area contributed by atoms with Crippen molar-refractivity contribution < 1.29 is 19.8 Å². The summed E-state index contributed by atoms with van der Waals surface area (Å²) in [6, 6.07) is 0. The van der Waals surface area contributed by atoms with Crippen molar-refractivity contribution in [1.29, 1.82) is 0 Å². The molecule has 5 nitrogen and oxygen atoms in total. The van der Waals surface area contributed by atoms with Gasteiger partial charge in [0.1, 0.15) is 0 Å². The van der Waals surface area contributed by atoms with Crippen molar-refractivity contribution in [1.82, 2.24) is 0 Å². The van der Waals surface area contributed by atoms with Crippen LogP contribution >= 0.6 is 0 Å². The van der Waals surface area contributed by atoms with E-state index in [2.05, 4.69) is 5.73 Å². The summed E-state index contributed by atoms with van der Waals surface area (Å²) in [7, 11) is 0. The number of hydrogen-bond acceptors (Lipinski definition) is 5. The second-order valence-corrected chi connectivity index (χ2v) is 1.07. The van der Waals surface area contributed by atoms with Gasteiger partial charge in [0.25, 0.3) is 0 Å². The van der Waals surface area contributed by atoms with Crippen molar-refractivity contribution in [2.45, 2.75) is 6.92 Å². The number of carboxylic acid groups (broad SMARTS) is 2. The van der Waals surface area contributed by atoms with Crippen LogP contribution in [-0.2, 0) is 9.59 Å². The molecule has 0 aliphatic rings. The topological polar surface area (TPSA) is 106 Å². The van der Waals surface area contributed by atoms with E-state index in [1.807, 2.05) is 0 Å². The Morgan fingerprint density at radius 1 is 1.40 bits per heavy atom. The smallest absolute Gasteiger partial charge is 0.550 e. The maximum Gasteiger partial charge on any atom is 2.00 e. The van der Waals surface area contributed by atoms with Crippen LogP contribution < -0.4 is 15.9 Å². The van der Waals surface area contributed by atoms with Gasteiger partial charge in [-0.25, -0.2) is 0 Å². The third-order valence-corrected chi connectivity index (χ3v) is 0.167. The van der Waals surface area contributed by atoms with E-state index in [0.29, 0.717) is 0 Å². The van der Waals surface area contributed by atoms with Crippen molar-refractivity contribution in [2.75, 3.05) is 6.54 Å². The molecule has 0 rings (SSSR count). The molecule has 0 aliphatic heterocycles. The van der Waals surface area contributed by atoms with Gasteiger partial charge in [-0.3, -0.25) is 0 Å². The van der Waals surface area contributed by atoms with E-state index in [0.717, 1.165) is 6.92 Å². The molecule has 0 spiro atoms. The molecule has 2 N–H and O–H groups in total. The van der Waals surface area contributed by atoms with Crippen LogP contribution in [0.25, 0.3) is 0 Å². The maximum absolute atomic E-state index is 9.13. The number of carbonyl (C=O) groups excluding carboxylic acids is 2. The molecule has 54 valence electrons. The maximum atomic E-state index is 9.13. The number of aliphatic carboxylic acids is 2. The fraction of sp³-hybridized carbons (Fsp3) is 0.500. The van der Waals surface area contributed by atoms with Gasteiger partial charge in [0, 0.05) is 12.5 Å². The van der Waals surface area contributed by atoms with Gasteiger partial charge in [-0.05, 0) is 6.92 Å². The fourth-order valence-corrected chi connectivity index (χ4v) is 0. The van der Waals surface area contributed by atoms with Crippen molar-refractivity contribution in [3.63, 3.8) is 0 Å². The Morgan fingerprint density at radius 3 is 1.50 bits per heavy atom. The van der Waals surface area contributed by atoms with E-state index in [9.17, 15) is 0 Å². The molecule has 0 saturated heterocycles. The average Bonchev–Trinajstić information content (AvgIpc) is 1.65. The molecule has 6 heteroatoms. The monoisotopic (exact) mass is 157 g/mol. The van der Waals surface area contributed by atoms with Crippen LogP contribution in [0.3, 0.4) is 0 Å². The molecule has 0 amide bonds. The molecule has 0 atom stereocenters. The van der Waals surface area contributed by atoms with E-state index >= 15 is 0 Å². The van der Waals surface area contributed by atoms with Gasteiger partial charge in [0.2, 0.25) is 0 Å². The van der Waals surface area contributed by atoms with Crippen molar-refractivity contribution in [3.05, 3.63) is 0 Å². The van der Waals surface area contributed by atoms with E-state index in [1.165, 1.54) is 0 Å². The summed E-state index contributed by atoms with van der Waals surface area (Å²) in [5.41, 5.74) is 4.51. The molecule has 0 aromatic rings. The van der Waals surface area contributed by atoms with Crippen molar-refractivity contribution >= 4 is 35.0 Å². The molecule has 0 aromatic carbocycles. The zero-order chi connectivity index (χ0) is 7.86. The molecule has 0 unspecified atom stereocenters. The second kappa shape index (κ2) is 11.5. The summed E-state index contributed by atoms with van der Waals surface area (Å²) < 4.78 is 0. The summed E-state index contributed by atoms with van der Waals surface area (Å²) in [4.78, 5) is 18.0. The third kappa shape index (κ3) is 123. The van der Waals surface area contributed by atoms with Gasteiger partial charge < -0.3 is 25.5 Å². The molecule has 0 bridgehead atoms. The molecule has 0 heterocycles. The molecule has 0 fully saturated rings. The number of nitrogens with two attached hydrogens (primary N) is 1. The minimum atomic E-state index is -1.22. The first-order chi connectivity index (χ1) is 4.00. The predicted octanol–water partition coefficient (Wildman–Crippen LogP) is -3.93. The molecular formula is C4H7MgNO4. The Morgan fingerprint density at radius 2 is 1.50 bits per heavy atom. The SMILES string of the molecule is CC(=O)[O-].NCC(=O)[O-].[Mg+2]. The zero-order valence-electron chi connectivity index (χ0n) is 5.62. The summed E-state index contributed by atoms with van der Waals surface area (Å²) in [5, 5.41) is 18.0. The van der Waals surface area contributed by atoms with Crippen LogP contribution in [0.5, 0.6) is 0 Å². The van der Waals surface area contributed by atoms with Crippen molar-refractivity contribution in [3.8, 4) is 0 Å². The quantitative estimate of drug-likeness (QED) is 0.391. The second-order valence-electron chi connectivity index (χ2n) is 1.07. The van der Waals surface area contributed by atoms with E-state index < -0.39 is 11.9 Å². The Labute approximate surface area is 74.4 Å².